The summed E-state index contributed by atoms with van der Waals surface area (Å²) in [6, 6.07) is 32.7. The average Bonchev–Trinajstić information content (AvgIpc) is 3.40. The predicted molar refractivity (Wildman–Crippen MR) is 174 cm³/mol. The molecule has 220 valence electrons. The van der Waals surface area contributed by atoms with Crippen LogP contribution in [0, 0.1) is 0 Å². The van der Waals surface area contributed by atoms with E-state index in [1.54, 1.807) is 0 Å². The van der Waals surface area contributed by atoms with Crippen molar-refractivity contribution in [1.29, 1.82) is 0 Å². The highest BCUT2D eigenvalue weighted by Gasteiger charge is 2.35. The van der Waals surface area contributed by atoms with Crippen LogP contribution in [0.5, 0.6) is 0 Å². The van der Waals surface area contributed by atoms with E-state index in [1.165, 1.54) is 27.6 Å². The standard InChI is InChI=1S/C38H46N2O2/c1-25(29-13-12-26-10-8-9-11-30(26)22-29)40-36(41)42-33-23-34(39-24-33)35(27-14-18-31(19-15-27)37(2,3)4)28-16-20-32(21-17-28)38(5,6)7/h8-22,25,33-35,39H,23-24H2,1-7H3,(H,40,41)/t25-,33+,34?/m0/s1. The lowest BCUT2D eigenvalue weighted by Gasteiger charge is -2.27. The molecule has 42 heavy (non-hydrogen) atoms. The van der Waals surface area contributed by atoms with Crippen molar-refractivity contribution in [2.45, 2.75) is 89.8 Å². The molecule has 1 amide bonds. The highest BCUT2D eigenvalue weighted by molar-refractivity contribution is 5.83. The molecule has 0 aromatic heterocycles. The van der Waals surface area contributed by atoms with Crippen molar-refractivity contribution in [2.75, 3.05) is 6.54 Å². The lowest BCUT2D eigenvalue weighted by atomic mass is 9.80. The van der Waals surface area contributed by atoms with Gasteiger partial charge < -0.3 is 15.4 Å². The summed E-state index contributed by atoms with van der Waals surface area (Å²) < 4.78 is 5.96. The number of nitrogens with one attached hydrogen (secondary N) is 2. The third kappa shape index (κ3) is 6.87. The fourth-order valence-electron chi connectivity index (χ4n) is 6.04. The summed E-state index contributed by atoms with van der Waals surface area (Å²) in [7, 11) is 0. The molecule has 5 rings (SSSR count). The molecule has 4 aromatic rings. The number of hydrogen-bond acceptors (Lipinski definition) is 3. The SMILES string of the molecule is C[C@H](NC(=O)O[C@H]1CNC(C(c2ccc(C(C)(C)C)cc2)c2ccc(C(C)(C)C)cc2)C1)c1ccc2ccccc2c1. The Hall–Kier alpha value is -3.63. The zero-order valence-electron chi connectivity index (χ0n) is 26.2. The van der Waals surface area contributed by atoms with Gasteiger partial charge in [-0.05, 0) is 62.4 Å². The molecule has 0 aliphatic carbocycles. The summed E-state index contributed by atoms with van der Waals surface area (Å²) in [5, 5.41) is 9.10. The Bertz CT molecular complexity index is 1450. The van der Waals surface area contributed by atoms with Crippen LogP contribution in [0.15, 0.2) is 91.0 Å². The molecule has 1 aliphatic rings. The maximum absolute atomic E-state index is 13.0. The first-order chi connectivity index (χ1) is 19.9. The first kappa shape index (κ1) is 29.8. The zero-order valence-corrected chi connectivity index (χ0v) is 26.2. The van der Waals surface area contributed by atoms with Crippen LogP contribution in [0.4, 0.5) is 4.79 Å². The van der Waals surface area contributed by atoms with Gasteiger partial charge in [0, 0.05) is 24.9 Å². The molecular weight excluding hydrogens is 516 g/mol. The van der Waals surface area contributed by atoms with Crippen LogP contribution < -0.4 is 10.6 Å². The normalized spacial score (nSPS) is 18.3. The van der Waals surface area contributed by atoms with E-state index in [0.717, 1.165) is 17.4 Å². The van der Waals surface area contributed by atoms with Gasteiger partial charge in [-0.2, -0.15) is 0 Å². The second-order valence-electron chi connectivity index (χ2n) is 14.0. The molecule has 0 saturated carbocycles. The molecule has 4 heteroatoms. The number of alkyl carbamates (subject to hydrolysis) is 1. The summed E-state index contributed by atoms with van der Waals surface area (Å²) in [5.41, 5.74) is 6.47. The lowest BCUT2D eigenvalue weighted by molar-refractivity contribution is 0.103. The molecule has 1 heterocycles. The number of ether oxygens (including phenoxy) is 1. The van der Waals surface area contributed by atoms with Crippen molar-refractivity contribution in [3.8, 4) is 0 Å². The highest BCUT2D eigenvalue weighted by atomic mass is 16.6. The first-order valence-electron chi connectivity index (χ1n) is 15.3. The zero-order chi connectivity index (χ0) is 30.1. The molecule has 0 bridgehead atoms. The third-order valence-electron chi connectivity index (χ3n) is 8.68. The van der Waals surface area contributed by atoms with Crippen molar-refractivity contribution in [2.24, 2.45) is 0 Å². The van der Waals surface area contributed by atoms with Crippen molar-refractivity contribution < 1.29 is 9.53 Å². The fraction of sp³-hybridized carbons (Fsp3) is 0.395. The van der Waals surface area contributed by atoms with E-state index in [0.29, 0.717) is 6.54 Å². The molecule has 4 nitrogen and oxygen atoms in total. The molecule has 3 atom stereocenters. The fourth-order valence-corrected chi connectivity index (χ4v) is 6.04. The van der Waals surface area contributed by atoms with Gasteiger partial charge in [0.1, 0.15) is 6.10 Å². The van der Waals surface area contributed by atoms with Gasteiger partial charge in [0.2, 0.25) is 0 Å². The summed E-state index contributed by atoms with van der Waals surface area (Å²) in [5.74, 6) is 0.154. The van der Waals surface area contributed by atoms with Crippen LogP contribution in [-0.2, 0) is 15.6 Å². The predicted octanol–water partition coefficient (Wildman–Crippen LogP) is 8.78. The molecular formula is C38H46N2O2. The molecule has 1 unspecified atom stereocenters. The number of hydrogen-bond donors (Lipinski definition) is 2. The first-order valence-corrected chi connectivity index (χ1v) is 15.3. The van der Waals surface area contributed by atoms with Gasteiger partial charge >= 0.3 is 6.09 Å². The second kappa shape index (κ2) is 11.9. The quantitative estimate of drug-likeness (QED) is 0.247. The minimum atomic E-state index is -0.372. The molecule has 1 fully saturated rings. The van der Waals surface area contributed by atoms with Gasteiger partial charge in [0.15, 0.2) is 0 Å². The molecule has 0 spiro atoms. The van der Waals surface area contributed by atoms with Crippen molar-refractivity contribution in [1.82, 2.24) is 10.6 Å². The van der Waals surface area contributed by atoms with Gasteiger partial charge in [-0.15, -0.1) is 0 Å². The number of carbonyl (C=O) groups is 1. The average molecular weight is 563 g/mol. The highest BCUT2D eigenvalue weighted by Crippen LogP contribution is 2.35. The lowest BCUT2D eigenvalue weighted by Crippen LogP contribution is -2.31. The number of amides is 1. The Kier molecular flexibility index (Phi) is 8.48. The van der Waals surface area contributed by atoms with Gasteiger partial charge in [-0.25, -0.2) is 4.79 Å². The molecule has 0 radical (unpaired) electrons. The van der Waals surface area contributed by atoms with Crippen molar-refractivity contribution in [3.05, 3.63) is 119 Å². The van der Waals surface area contributed by atoms with Crippen molar-refractivity contribution in [3.63, 3.8) is 0 Å². The molecule has 4 aromatic carbocycles. The van der Waals surface area contributed by atoms with E-state index in [9.17, 15) is 4.79 Å². The van der Waals surface area contributed by atoms with Crippen LogP contribution >= 0.6 is 0 Å². The number of rotatable bonds is 6. The Labute approximate surface area is 251 Å². The van der Waals surface area contributed by atoms with Crippen LogP contribution in [0.1, 0.15) is 94.7 Å². The van der Waals surface area contributed by atoms with E-state index < -0.39 is 0 Å². The topological polar surface area (TPSA) is 50.4 Å². The Morgan fingerprint density at radius 1 is 0.762 bits per heavy atom. The summed E-state index contributed by atoms with van der Waals surface area (Å²) >= 11 is 0. The maximum atomic E-state index is 13.0. The van der Waals surface area contributed by atoms with Gasteiger partial charge in [0.05, 0.1) is 6.04 Å². The third-order valence-corrected chi connectivity index (χ3v) is 8.68. The smallest absolute Gasteiger partial charge is 0.407 e. The minimum Gasteiger partial charge on any atom is -0.445 e. The number of carbonyl (C=O) groups excluding carboxylic acids is 1. The van der Waals surface area contributed by atoms with Crippen LogP contribution in [0.3, 0.4) is 0 Å². The molecule has 1 aliphatic heterocycles. The van der Waals surface area contributed by atoms with Crippen molar-refractivity contribution >= 4 is 16.9 Å². The molecule has 1 saturated heterocycles. The van der Waals surface area contributed by atoms with Crippen LogP contribution in [-0.4, -0.2) is 24.8 Å². The van der Waals surface area contributed by atoms with Crippen LogP contribution in [0.25, 0.3) is 10.8 Å². The maximum Gasteiger partial charge on any atom is 0.407 e. The van der Waals surface area contributed by atoms with E-state index in [2.05, 4.69) is 131 Å². The Morgan fingerprint density at radius 3 is 1.83 bits per heavy atom. The van der Waals surface area contributed by atoms with E-state index in [-0.39, 0.29) is 41.0 Å². The largest absolute Gasteiger partial charge is 0.445 e. The van der Waals surface area contributed by atoms with E-state index >= 15 is 0 Å². The Balaban J connectivity index is 1.29. The number of benzene rings is 4. The monoisotopic (exact) mass is 562 g/mol. The van der Waals surface area contributed by atoms with E-state index in [1.807, 2.05) is 19.1 Å². The van der Waals surface area contributed by atoms with Gasteiger partial charge in [-0.1, -0.05) is 126 Å². The minimum absolute atomic E-state index is 0.101. The number of fused-ring (bicyclic) bond motifs is 1. The second-order valence-corrected chi connectivity index (χ2v) is 14.0. The summed E-state index contributed by atoms with van der Waals surface area (Å²) in [4.78, 5) is 13.0. The molecule has 2 N–H and O–H groups in total. The summed E-state index contributed by atoms with van der Waals surface area (Å²) in [6.07, 6.45) is 0.192. The van der Waals surface area contributed by atoms with Gasteiger partial charge in [-0.3, -0.25) is 0 Å². The van der Waals surface area contributed by atoms with E-state index in [4.69, 9.17) is 4.74 Å². The Morgan fingerprint density at radius 2 is 1.29 bits per heavy atom. The van der Waals surface area contributed by atoms with Crippen LogP contribution in [0.2, 0.25) is 0 Å². The summed E-state index contributed by atoms with van der Waals surface area (Å²) in [6.45, 7) is 16.1. The van der Waals surface area contributed by atoms with Gasteiger partial charge in [0.25, 0.3) is 0 Å².